The Labute approximate surface area is 31.8 Å². The van der Waals surface area contributed by atoms with E-state index in [9.17, 15) is 0 Å². The second-order valence-electron chi connectivity index (χ2n) is 1.38. The van der Waals surface area contributed by atoms with Gasteiger partial charge in [-0.15, -0.1) is 0 Å². The molecule has 0 radical (unpaired) electrons. The summed E-state index contributed by atoms with van der Waals surface area (Å²) in [6, 6.07) is 0. The van der Waals surface area contributed by atoms with Gasteiger partial charge in [0.15, 0.2) is 0 Å². The van der Waals surface area contributed by atoms with Gasteiger partial charge in [-0.2, -0.15) is 0 Å². The zero-order valence-electron chi connectivity index (χ0n) is 3.12. The smallest absolute Gasteiger partial charge is 0.00322 e. The van der Waals surface area contributed by atoms with Gasteiger partial charge >= 0.3 is 0 Å². The third-order valence-corrected chi connectivity index (χ3v) is 0.802. The fourth-order valence-electron chi connectivity index (χ4n) is 0.213. The minimum Gasteiger partial charge on any atom is -0.0952 e. The van der Waals surface area contributed by atoms with E-state index < -0.39 is 0 Å². The maximum Gasteiger partial charge on any atom is -0.00322 e. The van der Waals surface area contributed by atoms with Crippen molar-refractivity contribution in [2.75, 3.05) is 0 Å². The average molecular weight is 66.1 g/mol. The van der Waals surface area contributed by atoms with Gasteiger partial charge in [0.1, 0.15) is 0 Å². The van der Waals surface area contributed by atoms with Crippen LogP contribution in [0.25, 0.3) is 0 Å². The van der Waals surface area contributed by atoms with E-state index in [1.807, 2.05) is 0 Å². The molecule has 0 amide bonds. The lowest BCUT2D eigenvalue weighted by molar-refractivity contribution is 1.71. The summed E-state index contributed by atoms with van der Waals surface area (Å²) in [5, 5.41) is 0. The molecule has 0 spiro atoms. The Kier molecular flexibility index (Phi) is 0.276. The van der Waals surface area contributed by atoms with Gasteiger partial charge in [-0.25, -0.2) is 0 Å². The van der Waals surface area contributed by atoms with Crippen molar-refractivity contribution >= 4 is 0 Å². The highest BCUT2D eigenvalue weighted by atomic mass is 14.2. The van der Waals surface area contributed by atoms with Crippen LogP contribution >= 0.6 is 0 Å². The standard InChI is InChI=1S/C5H6/c1-4-3-5(4)2/h1-3H2. The molecule has 0 aromatic rings. The van der Waals surface area contributed by atoms with Crippen LogP contribution in [0.15, 0.2) is 24.3 Å². The highest BCUT2D eigenvalue weighted by molar-refractivity contribution is 5.45. The van der Waals surface area contributed by atoms with Crippen molar-refractivity contribution in [1.29, 1.82) is 0 Å². The Balaban J connectivity index is 2.81. The van der Waals surface area contributed by atoms with E-state index >= 15 is 0 Å². The molecule has 0 aromatic heterocycles. The molecule has 0 heteroatoms. The van der Waals surface area contributed by atoms with Crippen molar-refractivity contribution < 1.29 is 0 Å². The SMILES string of the molecule is C=C1CC1=C. The molecule has 1 aliphatic rings. The average Bonchev–Trinajstić information content (AvgIpc) is 1.79. The van der Waals surface area contributed by atoms with Crippen LogP contribution in [0.3, 0.4) is 0 Å². The van der Waals surface area contributed by atoms with Crippen LogP contribution in [0.4, 0.5) is 0 Å². The topological polar surface area (TPSA) is 0 Å². The lowest BCUT2D eigenvalue weighted by Crippen LogP contribution is -1.21. The third kappa shape index (κ3) is 0.254. The maximum absolute atomic E-state index is 3.65. The van der Waals surface area contributed by atoms with Gasteiger partial charge in [0, 0.05) is 0 Å². The summed E-state index contributed by atoms with van der Waals surface area (Å²) < 4.78 is 0. The van der Waals surface area contributed by atoms with Crippen molar-refractivity contribution in [3.8, 4) is 0 Å². The van der Waals surface area contributed by atoms with E-state index in [1.54, 1.807) is 0 Å². The highest BCUT2D eigenvalue weighted by Crippen LogP contribution is 2.31. The molecular formula is C5H6. The van der Waals surface area contributed by atoms with Crippen LogP contribution in [0.1, 0.15) is 6.42 Å². The fraction of sp³-hybridized carbons (Fsp3) is 0.200. The molecule has 1 saturated carbocycles. The Morgan fingerprint density at radius 3 is 1.40 bits per heavy atom. The van der Waals surface area contributed by atoms with E-state index in [4.69, 9.17) is 0 Å². The first-order chi connectivity index (χ1) is 2.30. The summed E-state index contributed by atoms with van der Waals surface area (Å²) in [7, 11) is 0. The summed E-state index contributed by atoms with van der Waals surface area (Å²) in [6.45, 7) is 7.30. The molecule has 0 bridgehead atoms. The van der Waals surface area contributed by atoms with Crippen LogP contribution in [-0.4, -0.2) is 0 Å². The molecule has 26 valence electrons. The van der Waals surface area contributed by atoms with Crippen molar-refractivity contribution in [2.24, 2.45) is 0 Å². The number of allylic oxidation sites excluding steroid dienone is 2. The van der Waals surface area contributed by atoms with Crippen molar-refractivity contribution in [1.82, 2.24) is 0 Å². The molecule has 0 atom stereocenters. The molecule has 0 aliphatic heterocycles. The van der Waals surface area contributed by atoms with E-state index in [-0.39, 0.29) is 0 Å². The van der Waals surface area contributed by atoms with Crippen molar-refractivity contribution in [3.05, 3.63) is 24.3 Å². The Morgan fingerprint density at radius 1 is 1.20 bits per heavy atom. The third-order valence-electron chi connectivity index (χ3n) is 0.802. The maximum atomic E-state index is 3.65. The normalized spacial score (nSPS) is 20.0. The predicted octanol–water partition coefficient (Wildman–Crippen LogP) is 1.50. The highest BCUT2D eigenvalue weighted by Gasteiger charge is 2.12. The van der Waals surface area contributed by atoms with E-state index in [2.05, 4.69) is 13.2 Å². The van der Waals surface area contributed by atoms with Crippen molar-refractivity contribution in [3.63, 3.8) is 0 Å². The number of rotatable bonds is 0. The van der Waals surface area contributed by atoms with Gasteiger partial charge in [-0.1, -0.05) is 13.2 Å². The van der Waals surface area contributed by atoms with Gasteiger partial charge in [0.25, 0.3) is 0 Å². The van der Waals surface area contributed by atoms with Gasteiger partial charge in [-0.05, 0) is 17.6 Å². The first-order valence-electron chi connectivity index (χ1n) is 1.66. The predicted molar refractivity (Wildman–Crippen MR) is 22.9 cm³/mol. The lowest BCUT2D eigenvalue weighted by Gasteiger charge is -1.42. The molecular weight excluding hydrogens is 60.1 g/mol. The van der Waals surface area contributed by atoms with Gasteiger partial charge < -0.3 is 0 Å². The first kappa shape index (κ1) is 2.70. The Morgan fingerprint density at radius 2 is 1.40 bits per heavy atom. The first-order valence-corrected chi connectivity index (χ1v) is 1.66. The van der Waals surface area contributed by atoms with Crippen LogP contribution in [0.2, 0.25) is 0 Å². The number of hydrogen-bond donors (Lipinski definition) is 0. The molecule has 0 saturated heterocycles. The molecule has 0 N–H and O–H groups in total. The van der Waals surface area contributed by atoms with Crippen LogP contribution in [0, 0.1) is 0 Å². The minimum absolute atomic E-state index is 1.08. The van der Waals surface area contributed by atoms with Gasteiger partial charge in [0.05, 0.1) is 0 Å². The van der Waals surface area contributed by atoms with E-state index in [1.165, 1.54) is 11.1 Å². The molecule has 1 aliphatic carbocycles. The van der Waals surface area contributed by atoms with Gasteiger partial charge in [0.2, 0.25) is 0 Å². The lowest BCUT2D eigenvalue weighted by atomic mass is 10.6. The monoisotopic (exact) mass is 66.0 g/mol. The summed E-state index contributed by atoms with van der Waals surface area (Å²) in [5.41, 5.74) is 2.45. The van der Waals surface area contributed by atoms with Gasteiger partial charge in [-0.3, -0.25) is 0 Å². The molecule has 5 heavy (non-hydrogen) atoms. The summed E-state index contributed by atoms with van der Waals surface area (Å²) in [6.07, 6.45) is 1.08. The van der Waals surface area contributed by atoms with Crippen LogP contribution < -0.4 is 0 Å². The summed E-state index contributed by atoms with van der Waals surface area (Å²) in [4.78, 5) is 0. The van der Waals surface area contributed by atoms with E-state index in [0.29, 0.717) is 0 Å². The summed E-state index contributed by atoms with van der Waals surface area (Å²) >= 11 is 0. The van der Waals surface area contributed by atoms with E-state index in [0.717, 1.165) is 6.42 Å². The minimum atomic E-state index is 1.08. The molecule has 0 unspecified atom stereocenters. The summed E-state index contributed by atoms with van der Waals surface area (Å²) in [5.74, 6) is 0. The zero-order chi connectivity index (χ0) is 3.86. The van der Waals surface area contributed by atoms with Crippen LogP contribution in [-0.2, 0) is 0 Å². The number of hydrogen-bond acceptors (Lipinski definition) is 0. The second kappa shape index (κ2) is 0.510. The molecule has 1 rings (SSSR count). The largest absolute Gasteiger partial charge is 0.0952 e. The molecule has 0 heterocycles. The zero-order valence-corrected chi connectivity index (χ0v) is 3.12. The van der Waals surface area contributed by atoms with Crippen LogP contribution in [0.5, 0.6) is 0 Å². The Hall–Kier alpha value is -0.520. The molecule has 1 fully saturated rings. The molecule has 0 aromatic carbocycles. The Bertz CT molecular complexity index is 76.2. The molecule has 0 nitrogen and oxygen atoms in total. The van der Waals surface area contributed by atoms with Crippen molar-refractivity contribution in [2.45, 2.75) is 6.42 Å². The second-order valence-corrected chi connectivity index (χ2v) is 1.38. The quantitative estimate of drug-likeness (QED) is 0.402. The fourth-order valence-corrected chi connectivity index (χ4v) is 0.213.